The third-order valence-corrected chi connectivity index (χ3v) is 4.81. The second kappa shape index (κ2) is 8.64. The number of aromatic nitrogens is 2. The quantitative estimate of drug-likeness (QED) is 0.622. The molecule has 1 heterocycles. The van der Waals surface area contributed by atoms with E-state index >= 15 is 0 Å². The van der Waals surface area contributed by atoms with Gasteiger partial charge in [0.15, 0.2) is 0 Å². The van der Waals surface area contributed by atoms with Gasteiger partial charge in [0.1, 0.15) is 23.8 Å². The van der Waals surface area contributed by atoms with Gasteiger partial charge in [-0.3, -0.25) is 4.79 Å². The van der Waals surface area contributed by atoms with Crippen LogP contribution in [0.2, 0.25) is 0 Å². The van der Waals surface area contributed by atoms with Gasteiger partial charge >= 0.3 is 0 Å². The first-order valence-electron chi connectivity index (χ1n) is 8.46. The van der Waals surface area contributed by atoms with Crippen LogP contribution in [0.5, 0.6) is 11.5 Å². The van der Waals surface area contributed by atoms with E-state index in [-0.39, 0.29) is 5.91 Å². The van der Waals surface area contributed by atoms with Crippen molar-refractivity contribution in [3.8, 4) is 11.5 Å². The van der Waals surface area contributed by atoms with E-state index in [9.17, 15) is 4.79 Å². The fourth-order valence-corrected chi connectivity index (χ4v) is 3.07. The van der Waals surface area contributed by atoms with Crippen molar-refractivity contribution in [1.29, 1.82) is 0 Å². The topological polar surface area (TPSA) is 64.5 Å². The van der Waals surface area contributed by atoms with E-state index < -0.39 is 0 Å². The molecule has 0 atom stereocenters. The van der Waals surface area contributed by atoms with Crippen molar-refractivity contribution in [1.82, 2.24) is 13.6 Å². The minimum absolute atomic E-state index is 0.0445. The molecule has 0 aliphatic rings. The average Bonchev–Trinajstić information content (AvgIpc) is 3.11. The highest BCUT2D eigenvalue weighted by atomic mass is 32.1. The fraction of sp³-hybridized carbons (Fsp3) is 0.250. The van der Waals surface area contributed by atoms with Crippen molar-refractivity contribution < 1.29 is 14.3 Å². The summed E-state index contributed by atoms with van der Waals surface area (Å²) in [5.41, 5.74) is 3.37. The Hall–Kier alpha value is -2.93. The number of amides is 1. The fourth-order valence-electron chi connectivity index (χ4n) is 2.52. The molecule has 0 unspecified atom stereocenters. The zero-order chi connectivity index (χ0) is 19.2. The number of rotatable bonds is 7. The lowest BCUT2D eigenvalue weighted by atomic mass is 10.1. The number of ether oxygens (including phenoxy) is 2. The van der Waals surface area contributed by atoms with E-state index in [1.54, 1.807) is 43.3 Å². The Bertz CT molecular complexity index is 892. The van der Waals surface area contributed by atoms with Gasteiger partial charge in [-0.2, -0.15) is 8.75 Å². The number of carbonyl (C=O) groups excluding carboxylic acids is 1. The Morgan fingerprint density at radius 3 is 2.30 bits per heavy atom. The van der Waals surface area contributed by atoms with Crippen LogP contribution in [-0.4, -0.2) is 33.7 Å². The molecule has 6 nitrogen and oxygen atoms in total. The molecule has 27 heavy (non-hydrogen) atoms. The summed E-state index contributed by atoms with van der Waals surface area (Å²) in [4.78, 5) is 14.3. The summed E-state index contributed by atoms with van der Waals surface area (Å²) in [6, 6.07) is 14.8. The largest absolute Gasteiger partial charge is 0.497 e. The predicted octanol–water partition coefficient (Wildman–Crippen LogP) is 3.71. The van der Waals surface area contributed by atoms with Crippen molar-refractivity contribution in [2.75, 3.05) is 14.2 Å². The van der Waals surface area contributed by atoms with E-state index in [1.807, 2.05) is 31.2 Å². The number of nitrogens with zero attached hydrogens (tertiary/aromatic N) is 3. The second-order valence-electron chi connectivity index (χ2n) is 6.12. The summed E-state index contributed by atoms with van der Waals surface area (Å²) in [6.45, 7) is 2.80. The molecule has 3 aromatic rings. The summed E-state index contributed by atoms with van der Waals surface area (Å²) in [7, 11) is 3.42. The first-order chi connectivity index (χ1) is 13.1. The van der Waals surface area contributed by atoms with Crippen LogP contribution in [0, 0.1) is 6.92 Å². The van der Waals surface area contributed by atoms with Crippen molar-refractivity contribution in [3.05, 3.63) is 71.0 Å². The van der Waals surface area contributed by atoms with Crippen molar-refractivity contribution in [2.24, 2.45) is 0 Å². The molecule has 7 heteroatoms. The van der Waals surface area contributed by atoms with Gasteiger partial charge in [0.05, 0.1) is 24.5 Å². The SMILES string of the molecule is COc1ccc(CN(C)C(=O)c2ccc(OCc3nsnc3C)cc2)cc1. The average molecular weight is 383 g/mol. The normalized spacial score (nSPS) is 10.5. The first kappa shape index (κ1) is 18.8. The summed E-state index contributed by atoms with van der Waals surface area (Å²) < 4.78 is 19.2. The van der Waals surface area contributed by atoms with Gasteiger partial charge in [0.25, 0.3) is 5.91 Å². The van der Waals surface area contributed by atoms with E-state index in [2.05, 4.69) is 8.75 Å². The highest BCUT2D eigenvalue weighted by Gasteiger charge is 2.12. The van der Waals surface area contributed by atoms with Gasteiger partial charge in [-0.1, -0.05) is 12.1 Å². The van der Waals surface area contributed by atoms with Gasteiger partial charge in [-0.05, 0) is 48.9 Å². The van der Waals surface area contributed by atoms with Crippen LogP contribution in [0.25, 0.3) is 0 Å². The number of methoxy groups -OCH3 is 1. The summed E-state index contributed by atoms with van der Waals surface area (Å²) in [5.74, 6) is 1.45. The lowest BCUT2D eigenvalue weighted by Gasteiger charge is -2.18. The van der Waals surface area contributed by atoms with Crippen molar-refractivity contribution in [2.45, 2.75) is 20.1 Å². The third kappa shape index (κ3) is 4.83. The van der Waals surface area contributed by atoms with Gasteiger partial charge in [0, 0.05) is 19.2 Å². The maximum Gasteiger partial charge on any atom is 0.253 e. The van der Waals surface area contributed by atoms with Crippen LogP contribution in [0.4, 0.5) is 0 Å². The molecule has 0 radical (unpaired) electrons. The molecule has 0 N–H and O–H groups in total. The lowest BCUT2D eigenvalue weighted by Crippen LogP contribution is -2.26. The first-order valence-corrected chi connectivity index (χ1v) is 9.19. The summed E-state index contributed by atoms with van der Waals surface area (Å²) in [6.07, 6.45) is 0. The van der Waals surface area contributed by atoms with Gasteiger partial charge in [-0.15, -0.1) is 0 Å². The molecule has 0 aliphatic heterocycles. The van der Waals surface area contributed by atoms with Crippen LogP contribution < -0.4 is 9.47 Å². The molecule has 0 fully saturated rings. The molecule has 0 aliphatic carbocycles. The minimum atomic E-state index is -0.0445. The van der Waals surface area contributed by atoms with E-state index in [0.29, 0.717) is 24.5 Å². The molecular weight excluding hydrogens is 362 g/mol. The molecular formula is C20H21N3O3S. The minimum Gasteiger partial charge on any atom is -0.497 e. The molecule has 1 amide bonds. The maximum absolute atomic E-state index is 12.6. The molecule has 0 saturated carbocycles. The monoisotopic (exact) mass is 383 g/mol. The van der Waals surface area contributed by atoms with Crippen molar-refractivity contribution in [3.63, 3.8) is 0 Å². The molecule has 3 rings (SSSR count). The summed E-state index contributed by atoms with van der Waals surface area (Å²) >= 11 is 1.18. The molecule has 0 bridgehead atoms. The lowest BCUT2D eigenvalue weighted by molar-refractivity contribution is 0.0785. The third-order valence-electron chi connectivity index (χ3n) is 4.15. The summed E-state index contributed by atoms with van der Waals surface area (Å²) in [5, 5.41) is 0. The highest BCUT2D eigenvalue weighted by Crippen LogP contribution is 2.17. The van der Waals surface area contributed by atoms with Crippen LogP contribution in [0.15, 0.2) is 48.5 Å². The smallest absolute Gasteiger partial charge is 0.253 e. The standard InChI is InChI=1S/C20H21N3O3S/c1-14-19(22-27-21-14)13-26-18-10-6-16(7-11-18)20(24)23(2)12-15-4-8-17(25-3)9-5-15/h4-11H,12-13H2,1-3H3. The molecule has 0 saturated heterocycles. The van der Waals surface area contributed by atoms with E-state index in [1.165, 1.54) is 11.7 Å². The van der Waals surface area contributed by atoms with Crippen LogP contribution in [0.3, 0.4) is 0 Å². The van der Waals surface area contributed by atoms with Gasteiger partial charge in [0.2, 0.25) is 0 Å². The second-order valence-corrected chi connectivity index (χ2v) is 6.65. The Labute approximate surface area is 162 Å². The number of hydrogen-bond donors (Lipinski definition) is 0. The number of benzene rings is 2. The number of hydrogen-bond acceptors (Lipinski definition) is 6. The Kier molecular flexibility index (Phi) is 6.03. The predicted molar refractivity (Wildman–Crippen MR) is 104 cm³/mol. The molecule has 140 valence electrons. The Morgan fingerprint density at radius 1 is 1.04 bits per heavy atom. The molecule has 2 aromatic carbocycles. The van der Waals surface area contributed by atoms with Crippen molar-refractivity contribution >= 4 is 17.6 Å². The Balaban J connectivity index is 1.58. The van der Waals surface area contributed by atoms with Gasteiger partial charge < -0.3 is 14.4 Å². The van der Waals surface area contributed by atoms with Crippen LogP contribution in [-0.2, 0) is 13.2 Å². The zero-order valence-electron chi connectivity index (χ0n) is 15.5. The zero-order valence-corrected chi connectivity index (χ0v) is 16.3. The number of aryl methyl sites for hydroxylation is 1. The molecule has 1 aromatic heterocycles. The van der Waals surface area contributed by atoms with Gasteiger partial charge in [-0.25, -0.2) is 0 Å². The van der Waals surface area contributed by atoms with E-state index in [4.69, 9.17) is 9.47 Å². The Morgan fingerprint density at radius 2 is 1.70 bits per heavy atom. The number of carbonyl (C=O) groups is 1. The molecule has 0 spiro atoms. The maximum atomic E-state index is 12.6. The van der Waals surface area contributed by atoms with Crippen LogP contribution in [0.1, 0.15) is 27.3 Å². The van der Waals surface area contributed by atoms with Crippen LogP contribution >= 0.6 is 11.7 Å². The van der Waals surface area contributed by atoms with E-state index in [0.717, 1.165) is 22.7 Å². The highest BCUT2D eigenvalue weighted by molar-refractivity contribution is 6.99.